The Hall–Kier alpha value is -0.898. The average Bonchev–Trinajstić information content (AvgIpc) is 2.31. The van der Waals surface area contributed by atoms with E-state index in [9.17, 15) is 0 Å². The second-order valence-corrected chi connectivity index (χ2v) is 13.9. The third-order valence-corrected chi connectivity index (χ3v) is 5.99. The maximum absolute atomic E-state index is 2.61. The molecule has 0 heterocycles. The molecule has 0 aromatic heterocycles. The first-order valence-electron chi connectivity index (χ1n) is 8.27. The summed E-state index contributed by atoms with van der Waals surface area (Å²) in [7, 11) is -1.44. The van der Waals surface area contributed by atoms with Gasteiger partial charge in [-0.25, -0.2) is 0 Å². The number of nitrogens with zero attached hydrogens (tertiary/aromatic N) is 2. The molecule has 0 aliphatic carbocycles. The summed E-state index contributed by atoms with van der Waals surface area (Å²) in [6.45, 7) is 24.4. The Kier molecular flexibility index (Phi) is 5.83. The third-order valence-electron chi connectivity index (χ3n) is 3.76. The molecule has 122 valence electrons. The van der Waals surface area contributed by atoms with Gasteiger partial charge in [0.25, 0.3) is 0 Å². The van der Waals surface area contributed by atoms with Crippen molar-refractivity contribution >= 4 is 15.1 Å². The van der Waals surface area contributed by atoms with Crippen molar-refractivity contribution in [3.8, 4) is 0 Å². The Morgan fingerprint density at radius 3 is 1.73 bits per heavy atom. The molecule has 1 aromatic rings. The molecule has 0 bridgehead atoms. The van der Waals surface area contributed by atoms with Crippen LogP contribution in [-0.2, 0) is 6.54 Å². The van der Waals surface area contributed by atoms with Crippen LogP contribution in [0.15, 0.2) is 30.3 Å². The molecule has 2 nitrogen and oxygen atoms in total. The minimum absolute atomic E-state index is 0.0962. The van der Waals surface area contributed by atoms with Gasteiger partial charge in [0, 0.05) is 0 Å². The van der Waals surface area contributed by atoms with Gasteiger partial charge in [-0.2, -0.15) is 0 Å². The van der Waals surface area contributed by atoms with E-state index in [1.54, 1.807) is 0 Å². The van der Waals surface area contributed by atoms with Crippen molar-refractivity contribution < 1.29 is 8.62 Å². The Morgan fingerprint density at radius 2 is 1.36 bits per heavy atom. The van der Waals surface area contributed by atoms with Crippen molar-refractivity contribution in [2.75, 3.05) is 0 Å². The van der Waals surface area contributed by atoms with Crippen LogP contribution >= 0.6 is 0 Å². The fraction of sp³-hybridized carbons (Fsp3) is 0.667. The third kappa shape index (κ3) is 5.71. The molecular formula is C18H34BN2Si+. The van der Waals surface area contributed by atoms with Crippen molar-refractivity contribution in [1.82, 2.24) is 0 Å². The maximum atomic E-state index is 2.61. The van der Waals surface area contributed by atoms with Crippen LogP contribution in [0.4, 0.5) is 0 Å². The Morgan fingerprint density at radius 1 is 0.864 bits per heavy atom. The molecule has 0 spiro atoms. The average molecular weight is 317 g/mol. The number of hydrogen-bond donors (Lipinski definition) is 0. The predicted molar refractivity (Wildman–Crippen MR) is 99.3 cm³/mol. The normalized spacial score (nSPS) is 12.8. The molecule has 0 fully saturated rings. The van der Waals surface area contributed by atoms with Gasteiger partial charge >= 0.3 is 138 Å². The van der Waals surface area contributed by atoms with Crippen LogP contribution in [0.2, 0.25) is 19.6 Å². The van der Waals surface area contributed by atoms with Crippen LogP contribution in [0.1, 0.15) is 47.1 Å². The monoisotopic (exact) mass is 317 g/mol. The molecule has 1 rings (SSSR count). The molecule has 0 radical (unpaired) electrons. The molecular weight excluding hydrogens is 283 g/mol. The first kappa shape index (κ1) is 19.1. The molecule has 0 unspecified atom stereocenters. The van der Waals surface area contributed by atoms with E-state index in [-0.39, 0.29) is 11.1 Å². The minimum atomic E-state index is -1.44. The fourth-order valence-corrected chi connectivity index (χ4v) is 5.22. The van der Waals surface area contributed by atoms with Crippen LogP contribution in [0.5, 0.6) is 0 Å². The van der Waals surface area contributed by atoms with Crippen LogP contribution in [0.25, 0.3) is 0 Å². The van der Waals surface area contributed by atoms with Gasteiger partial charge in [-0.3, -0.25) is 0 Å². The Labute approximate surface area is 138 Å². The van der Waals surface area contributed by atoms with Crippen LogP contribution in [0, 0.1) is 0 Å². The molecule has 0 atom stereocenters. The van der Waals surface area contributed by atoms with Crippen LogP contribution in [-0.4, -0.2) is 34.8 Å². The first-order chi connectivity index (χ1) is 9.82. The summed E-state index contributed by atoms with van der Waals surface area (Å²) in [6.07, 6.45) is 0. The van der Waals surface area contributed by atoms with Crippen molar-refractivity contribution in [2.45, 2.75) is 78.8 Å². The summed E-state index contributed by atoms with van der Waals surface area (Å²) in [4.78, 5) is 0. The van der Waals surface area contributed by atoms with Crippen LogP contribution < -0.4 is 0 Å². The van der Waals surface area contributed by atoms with Gasteiger partial charge in [-0.1, -0.05) is 0 Å². The molecule has 4 heteroatoms. The Bertz CT molecular complexity index is 550. The van der Waals surface area contributed by atoms with Gasteiger partial charge in [0.05, 0.1) is 0 Å². The van der Waals surface area contributed by atoms with Crippen molar-refractivity contribution in [3.05, 3.63) is 35.9 Å². The summed E-state index contributed by atoms with van der Waals surface area (Å²) in [5.41, 5.74) is 1.60. The molecule has 0 N–H and O–H groups in total. The zero-order valence-corrected chi connectivity index (χ0v) is 17.1. The zero-order chi connectivity index (χ0) is 17.2. The number of hydrogen-bond acceptors (Lipinski definition) is 0. The Balaban J connectivity index is 3.51. The van der Waals surface area contributed by atoms with Gasteiger partial charge in [0.2, 0.25) is 0 Å². The topological polar surface area (TPSA) is 6.02 Å². The second-order valence-electron chi connectivity index (χ2n) is 9.11. The fourth-order valence-electron chi connectivity index (χ4n) is 2.72. The molecule has 1 aromatic carbocycles. The van der Waals surface area contributed by atoms with Crippen LogP contribution in [0.3, 0.4) is 0 Å². The van der Waals surface area contributed by atoms with E-state index in [1.807, 2.05) is 0 Å². The summed E-state index contributed by atoms with van der Waals surface area (Å²) in [6, 6.07) is 10.7. The number of rotatable bonds is 3. The first-order valence-corrected chi connectivity index (χ1v) is 11.7. The van der Waals surface area contributed by atoms with Gasteiger partial charge in [-0.05, 0) is 0 Å². The molecule has 0 aliphatic heterocycles. The standard InChI is InChI=1S/C18H34BN2Si/c1-17(2,3)20(15-16-13-11-10-12-14-16)19-21(18(4,5)6)22(7,8)9/h10-14H,15H2,1-9H3/q+1. The molecule has 22 heavy (non-hydrogen) atoms. The zero-order valence-electron chi connectivity index (χ0n) is 16.1. The summed E-state index contributed by atoms with van der Waals surface area (Å²) < 4.78 is 5.08. The molecule has 0 aliphatic rings. The molecule has 0 amide bonds. The second kappa shape index (κ2) is 6.69. The van der Waals surface area contributed by atoms with E-state index in [2.05, 4.69) is 107 Å². The van der Waals surface area contributed by atoms with E-state index in [1.165, 1.54) is 5.56 Å². The summed E-state index contributed by atoms with van der Waals surface area (Å²) >= 11 is 0. The summed E-state index contributed by atoms with van der Waals surface area (Å²) in [5.74, 6) is 0. The molecule has 0 saturated heterocycles. The van der Waals surface area contributed by atoms with Gasteiger partial charge in [-0.15, -0.1) is 0 Å². The molecule has 0 saturated carbocycles. The summed E-state index contributed by atoms with van der Waals surface area (Å²) in [5, 5.41) is 0. The predicted octanol–water partition coefficient (Wildman–Crippen LogP) is 4.71. The number of benzene rings is 1. The van der Waals surface area contributed by atoms with Crippen molar-refractivity contribution in [3.63, 3.8) is 0 Å². The van der Waals surface area contributed by atoms with E-state index < -0.39 is 8.24 Å². The van der Waals surface area contributed by atoms with Gasteiger partial charge in [0.1, 0.15) is 0 Å². The van der Waals surface area contributed by atoms with E-state index >= 15 is 0 Å². The van der Waals surface area contributed by atoms with E-state index in [0.29, 0.717) is 0 Å². The SMILES string of the molecule is CC(C)(C)[N+](=[B-]=[N+](C(C)(C)C)[Si](C)(C)C)Cc1ccccc1. The quantitative estimate of drug-likeness (QED) is 0.712. The van der Waals surface area contributed by atoms with Gasteiger partial charge < -0.3 is 0 Å². The van der Waals surface area contributed by atoms with Gasteiger partial charge in [0.15, 0.2) is 0 Å². The van der Waals surface area contributed by atoms with E-state index in [0.717, 1.165) is 6.54 Å². The van der Waals surface area contributed by atoms with Crippen molar-refractivity contribution in [1.29, 1.82) is 0 Å². The van der Waals surface area contributed by atoms with E-state index in [4.69, 9.17) is 0 Å². The van der Waals surface area contributed by atoms with Crippen molar-refractivity contribution in [2.24, 2.45) is 0 Å².